The van der Waals surface area contributed by atoms with Crippen LogP contribution in [0.4, 0.5) is 5.69 Å². The predicted molar refractivity (Wildman–Crippen MR) is 83.7 cm³/mol. The van der Waals surface area contributed by atoms with E-state index in [2.05, 4.69) is 19.2 Å². The summed E-state index contributed by atoms with van der Waals surface area (Å²) in [4.78, 5) is 37.5. The molecule has 1 atom stereocenters. The first-order valence-corrected chi connectivity index (χ1v) is 7.82. The van der Waals surface area contributed by atoms with Crippen LogP contribution in [0.2, 0.25) is 0 Å². The lowest BCUT2D eigenvalue weighted by Crippen LogP contribution is -2.31. The molecule has 0 radical (unpaired) electrons. The van der Waals surface area contributed by atoms with Crippen molar-refractivity contribution in [2.24, 2.45) is 11.8 Å². The fraction of sp³-hybridized carbons (Fsp3) is 0.471. The maximum Gasteiger partial charge on any atom is 0.338 e. The van der Waals surface area contributed by atoms with E-state index in [0.29, 0.717) is 30.3 Å². The van der Waals surface area contributed by atoms with E-state index in [9.17, 15) is 14.4 Å². The van der Waals surface area contributed by atoms with Gasteiger partial charge in [-0.2, -0.15) is 0 Å². The van der Waals surface area contributed by atoms with E-state index < -0.39 is 0 Å². The van der Waals surface area contributed by atoms with E-state index >= 15 is 0 Å². The van der Waals surface area contributed by atoms with Gasteiger partial charge in [0.1, 0.15) is 6.61 Å². The van der Waals surface area contributed by atoms with Crippen LogP contribution in [-0.4, -0.2) is 35.8 Å². The van der Waals surface area contributed by atoms with Gasteiger partial charge in [0, 0.05) is 30.8 Å². The highest BCUT2D eigenvalue weighted by molar-refractivity contribution is 5.98. The second kappa shape index (κ2) is 6.02. The second-order valence-corrected chi connectivity index (χ2v) is 6.53. The Morgan fingerprint density at radius 1 is 1.39 bits per heavy atom. The minimum Gasteiger partial charge on any atom is -0.457 e. The number of nitrogens with zero attached hydrogens (tertiary/aromatic N) is 1. The fourth-order valence-electron chi connectivity index (χ4n) is 3.02. The summed E-state index contributed by atoms with van der Waals surface area (Å²) in [5.41, 5.74) is 1.95. The molecule has 1 aromatic rings. The minimum atomic E-state index is -0.330. The average Bonchev–Trinajstić information content (AvgIpc) is 3.03. The molecule has 3 rings (SSSR count). The Morgan fingerprint density at radius 3 is 2.91 bits per heavy atom. The van der Waals surface area contributed by atoms with Gasteiger partial charge in [-0.05, 0) is 24.1 Å². The topological polar surface area (TPSA) is 75.7 Å². The third kappa shape index (κ3) is 3.21. The summed E-state index contributed by atoms with van der Waals surface area (Å²) in [6, 6.07) is 5.10. The van der Waals surface area contributed by atoms with Crippen LogP contribution in [0.3, 0.4) is 0 Å². The molecule has 0 aromatic heterocycles. The number of esters is 1. The maximum absolute atomic E-state index is 12.4. The lowest BCUT2D eigenvalue weighted by molar-refractivity contribution is -0.128. The van der Waals surface area contributed by atoms with Crippen molar-refractivity contribution in [1.29, 1.82) is 0 Å². The molecular weight excluding hydrogens is 296 g/mol. The van der Waals surface area contributed by atoms with Crippen LogP contribution in [0.1, 0.15) is 36.2 Å². The number of carbonyl (C=O) groups excluding carboxylic acids is 3. The molecule has 0 saturated carbocycles. The number of benzene rings is 1. The first-order chi connectivity index (χ1) is 10.9. The second-order valence-electron chi connectivity index (χ2n) is 6.53. The van der Waals surface area contributed by atoms with Crippen LogP contribution in [-0.2, 0) is 20.9 Å². The Balaban J connectivity index is 1.64. The molecule has 6 heteroatoms. The normalized spacial score (nSPS) is 20.0. The van der Waals surface area contributed by atoms with E-state index in [4.69, 9.17) is 4.74 Å². The zero-order valence-electron chi connectivity index (χ0n) is 13.3. The number of amides is 2. The molecule has 122 valence electrons. The summed E-state index contributed by atoms with van der Waals surface area (Å²) in [6.45, 7) is 5.49. The Hall–Kier alpha value is -2.37. The van der Waals surface area contributed by atoms with Gasteiger partial charge < -0.3 is 15.0 Å². The molecule has 23 heavy (non-hydrogen) atoms. The number of likely N-dealkylation sites (tertiary alicyclic amines) is 1. The zero-order valence-corrected chi connectivity index (χ0v) is 13.3. The highest BCUT2D eigenvalue weighted by Gasteiger charge is 2.34. The lowest BCUT2D eigenvalue weighted by Gasteiger charge is -2.18. The largest absolute Gasteiger partial charge is 0.457 e. The lowest BCUT2D eigenvalue weighted by atomic mass is 10.1. The van der Waals surface area contributed by atoms with Crippen molar-refractivity contribution in [2.75, 3.05) is 18.4 Å². The van der Waals surface area contributed by atoms with Crippen molar-refractivity contribution >= 4 is 23.5 Å². The van der Waals surface area contributed by atoms with Crippen molar-refractivity contribution in [1.82, 2.24) is 4.90 Å². The number of carbonyl (C=O) groups is 3. The van der Waals surface area contributed by atoms with E-state index in [-0.39, 0.29) is 36.7 Å². The van der Waals surface area contributed by atoms with Gasteiger partial charge in [-0.1, -0.05) is 13.8 Å². The molecule has 0 bridgehead atoms. The van der Waals surface area contributed by atoms with Crippen LogP contribution < -0.4 is 5.32 Å². The van der Waals surface area contributed by atoms with Gasteiger partial charge in [0.25, 0.3) is 0 Å². The molecule has 1 fully saturated rings. The summed E-state index contributed by atoms with van der Waals surface area (Å²) < 4.78 is 4.95. The van der Waals surface area contributed by atoms with E-state index in [1.165, 1.54) is 0 Å². The van der Waals surface area contributed by atoms with Gasteiger partial charge in [0.05, 0.1) is 11.5 Å². The quantitative estimate of drug-likeness (QED) is 0.860. The molecule has 0 aliphatic carbocycles. The molecule has 0 spiro atoms. The van der Waals surface area contributed by atoms with Crippen molar-refractivity contribution in [2.45, 2.75) is 26.9 Å². The monoisotopic (exact) mass is 316 g/mol. The van der Waals surface area contributed by atoms with E-state index in [1.807, 2.05) is 0 Å². The molecule has 2 heterocycles. The summed E-state index contributed by atoms with van der Waals surface area (Å²) in [5, 5.41) is 2.84. The molecule has 1 saturated heterocycles. The highest BCUT2D eigenvalue weighted by Crippen LogP contribution is 2.25. The molecule has 1 aromatic carbocycles. The van der Waals surface area contributed by atoms with Gasteiger partial charge in [-0.3, -0.25) is 9.59 Å². The van der Waals surface area contributed by atoms with Gasteiger partial charge in [0.15, 0.2) is 0 Å². The van der Waals surface area contributed by atoms with Gasteiger partial charge >= 0.3 is 5.97 Å². The first-order valence-electron chi connectivity index (χ1n) is 7.82. The standard InChI is InChI=1S/C17H20N2O4/c1-10(2)7-19-8-11(6-15(19)20)16(21)18-13-3-4-14-12(5-13)9-23-17(14)22/h3-5,10-11H,6-9H2,1-2H3,(H,18,21)/t11-/m0/s1. The van der Waals surface area contributed by atoms with Gasteiger partial charge in [-0.15, -0.1) is 0 Å². The molecule has 2 aliphatic heterocycles. The highest BCUT2D eigenvalue weighted by atomic mass is 16.5. The zero-order chi connectivity index (χ0) is 16.6. The number of hydrogen-bond donors (Lipinski definition) is 1. The molecule has 1 N–H and O–H groups in total. The van der Waals surface area contributed by atoms with Crippen molar-refractivity contribution in [3.63, 3.8) is 0 Å². The molecule has 2 aliphatic rings. The van der Waals surface area contributed by atoms with E-state index in [0.717, 1.165) is 5.56 Å². The Bertz CT molecular complexity index is 669. The van der Waals surface area contributed by atoms with E-state index in [1.54, 1.807) is 23.1 Å². The molecule has 0 unspecified atom stereocenters. The number of anilines is 1. The van der Waals surface area contributed by atoms with Crippen LogP contribution in [0, 0.1) is 11.8 Å². The van der Waals surface area contributed by atoms with Crippen LogP contribution >= 0.6 is 0 Å². The van der Waals surface area contributed by atoms with Crippen LogP contribution in [0.25, 0.3) is 0 Å². The smallest absolute Gasteiger partial charge is 0.338 e. The first kappa shape index (κ1) is 15.5. The van der Waals surface area contributed by atoms with Crippen LogP contribution in [0.5, 0.6) is 0 Å². The number of rotatable bonds is 4. The average molecular weight is 316 g/mol. The number of cyclic esters (lactones) is 1. The number of ether oxygens (including phenoxy) is 1. The number of fused-ring (bicyclic) bond motifs is 1. The third-order valence-electron chi connectivity index (χ3n) is 4.12. The van der Waals surface area contributed by atoms with Crippen molar-refractivity contribution in [3.8, 4) is 0 Å². The van der Waals surface area contributed by atoms with Crippen molar-refractivity contribution in [3.05, 3.63) is 29.3 Å². The SMILES string of the molecule is CC(C)CN1C[C@@H](C(=O)Nc2ccc3c(c2)COC3=O)CC1=O. The van der Waals surface area contributed by atoms with Crippen molar-refractivity contribution < 1.29 is 19.1 Å². The number of nitrogens with one attached hydrogen (secondary N) is 1. The summed E-state index contributed by atoms with van der Waals surface area (Å²) in [6.07, 6.45) is 0.255. The maximum atomic E-state index is 12.4. The van der Waals surface area contributed by atoms with Gasteiger partial charge in [-0.25, -0.2) is 4.79 Å². The predicted octanol–water partition coefficient (Wildman–Crippen LogP) is 1.80. The Labute approximate surface area is 134 Å². The molecule has 2 amide bonds. The summed E-state index contributed by atoms with van der Waals surface area (Å²) in [7, 11) is 0. The number of hydrogen-bond acceptors (Lipinski definition) is 4. The summed E-state index contributed by atoms with van der Waals surface area (Å²) in [5.74, 6) is -0.396. The molecular formula is C17H20N2O4. The van der Waals surface area contributed by atoms with Gasteiger partial charge in [0.2, 0.25) is 11.8 Å². The Kier molecular flexibility index (Phi) is 4.07. The molecule has 6 nitrogen and oxygen atoms in total. The fourth-order valence-corrected chi connectivity index (χ4v) is 3.02. The Morgan fingerprint density at radius 2 is 2.17 bits per heavy atom. The van der Waals surface area contributed by atoms with Crippen LogP contribution in [0.15, 0.2) is 18.2 Å². The third-order valence-corrected chi connectivity index (χ3v) is 4.12. The minimum absolute atomic E-state index is 0.0341. The summed E-state index contributed by atoms with van der Waals surface area (Å²) >= 11 is 0.